The fourth-order valence-corrected chi connectivity index (χ4v) is 7.27. The van der Waals surface area contributed by atoms with Crippen molar-refractivity contribution in [2.45, 2.75) is 29.2 Å². The van der Waals surface area contributed by atoms with Crippen LogP contribution in [0.3, 0.4) is 0 Å². The highest BCUT2D eigenvalue weighted by Gasteiger charge is 2.30. The normalized spacial score (nSPS) is 15.9. The summed E-state index contributed by atoms with van der Waals surface area (Å²) in [6, 6.07) is 18.6. The van der Waals surface area contributed by atoms with Crippen LogP contribution in [0, 0.1) is 6.92 Å². The molecule has 0 unspecified atom stereocenters. The van der Waals surface area contributed by atoms with Crippen LogP contribution in [0.2, 0.25) is 0 Å². The number of nitrogens with zero attached hydrogens (tertiary/aromatic N) is 2. The van der Waals surface area contributed by atoms with E-state index in [4.69, 9.17) is 4.74 Å². The fraction of sp³-hybridized carbons (Fsp3) is 0.321. The number of rotatable bonds is 10. The largest absolute Gasteiger partial charge is 0.495 e. The van der Waals surface area contributed by atoms with Gasteiger partial charge in [-0.3, -0.25) is 4.79 Å². The van der Waals surface area contributed by atoms with E-state index in [1.54, 1.807) is 31.2 Å². The molecule has 0 radical (unpaired) electrons. The van der Waals surface area contributed by atoms with Gasteiger partial charge in [-0.1, -0.05) is 36.4 Å². The summed E-state index contributed by atoms with van der Waals surface area (Å²) in [5.41, 5.74) is 1.82. The zero-order valence-corrected chi connectivity index (χ0v) is 24.3. The molecule has 12 heteroatoms. The Morgan fingerprint density at radius 1 is 0.925 bits per heavy atom. The first kappa shape index (κ1) is 29.7. The van der Waals surface area contributed by atoms with Gasteiger partial charge < -0.3 is 15.0 Å². The van der Waals surface area contributed by atoms with E-state index in [0.29, 0.717) is 31.9 Å². The van der Waals surface area contributed by atoms with Gasteiger partial charge in [-0.05, 0) is 67.9 Å². The van der Waals surface area contributed by atoms with Crippen LogP contribution in [-0.2, 0) is 31.3 Å². The monoisotopic (exact) mass is 586 g/mol. The molecule has 1 aliphatic rings. The quantitative estimate of drug-likeness (QED) is 0.374. The number of benzene rings is 3. The Bertz CT molecular complexity index is 1540. The van der Waals surface area contributed by atoms with Crippen molar-refractivity contribution in [2.75, 3.05) is 45.7 Å². The summed E-state index contributed by atoms with van der Waals surface area (Å²) >= 11 is 0. The second-order valence-corrected chi connectivity index (χ2v) is 13.4. The summed E-state index contributed by atoms with van der Waals surface area (Å²) in [5, 5.41) is 2.73. The van der Waals surface area contributed by atoms with E-state index >= 15 is 0 Å². The molecule has 2 N–H and O–H groups in total. The maximum Gasteiger partial charge on any atom is 0.245 e. The second-order valence-electron chi connectivity index (χ2n) is 9.74. The number of aryl methyl sites for hydroxylation is 1. The molecule has 1 aliphatic heterocycles. The minimum absolute atomic E-state index is 0.0701. The molecule has 1 fully saturated rings. The summed E-state index contributed by atoms with van der Waals surface area (Å²) in [7, 11) is -4.48. The number of ether oxygens (including phenoxy) is 1. The molecular formula is C28H34N4O6S2. The Labute approximate surface area is 236 Å². The average Bonchev–Trinajstić information content (AvgIpc) is 2.93. The summed E-state index contributed by atoms with van der Waals surface area (Å²) in [4.78, 5) is 15.5. The number of hydrogen-bond donors (Lipinski definition) is 2. The Balaban J connectivity index is 1.55. The molecule has 3 aromatic carbocycles. The Morgan fingerprint density at radius 3 is 2.20 bits per heavy atom. The highest BCUT2D eigenvalue weighted by Crippen LogP contribution is 2.25. The molecule has 1 amide bonds. The Morgan fingerprint density at radius 2 is 1.57 bits per heavy atom. The topological polar surface area (TPSA) is 125 Å². The minimum atomic E-state index is -4.15. The van der Waals surface area contributed by atoms with Crippen molar-refractivity contribution in [2.24, 2.45) is 0 Å². The molecule has 0 spiro atoms. The molecule has 1 atom stereocenters. The zero-order chi connectivity index (χ0) is 28.9. The van der Waals surface area contributed by atoms with Crippen LogP contribution in [0.5, 0.6) is 5.75 Å². The third-order valence-corrected chi connectivity index (χ3v) is 10.1. The molecule has 4 rings (SSSR count). The molecule has 40 heavy (non-hydrogen) atoms. The number of carbonyl (C=O) groups is 1. The average molecular weight is 587 g/mol. The first-order valence-corrected chi connectivity index (χ1v) is 15.7. The first-order valence-electron chi connectivity index (χ1n) is 12.8. The molecular weight excluding hydrogens is 552 g/mol. The maximum absolute atomic E-state index is 13.4. The van der Waals surface area contributed by atoms with Crippen LogP contribution >= 0.6 is 0 Å². The number of carbonyl (C=O) groups excluding carboxylic acids is 1. The number of anilines is 1. The van der Waals surface area contributed by atoms with Gasteiger partial charge in [-0.25, -0.2) is 16.8 Å². The number of nitrogens with one attached hydrogen (secondary N) is 2. The molecule has 0 saturated carbocycles. The third-order valence-electron chi connectivity index (χ3n) is 6.73. The predicted octanol–water partition coefficient (Wildman–Crippen LogP) is 2.47. The summed E-state index contributed by atoms with van der Waals surface area (Å²) in [5.74, 6) is -0.428. The maximum atomic E-state index is 13.4. The van der Waals surface area contributed by atoms with Crippen molar-refractivity contribution >= 4 is 31.6 Å². The molecule has 10 nitrogen and oxygen atoms in total. The first-order chi connectivity index (χ1) is 19.0. The van der Waals surface area contributed by atoms with Gasteiger partial charge in [-0.15, -0.1) is 0 Å². The second kappa shape index (κ2) is 12.5. The molecule has 1 heterocycles. The van der Waals surface area contributed by atoms with Crippen LogP contribution in [-0.4, -0.2) is 78.3 Å². The predicted molar refractivity (Wildman–Crippen MR) is 153 cm³/mol. The minimum Gasteiger partial charge on any atom is -0.495 e. The van der Waals surface area contributed by atoms with Gasteiger partial charge in [0.05, 0.1) is 12.0 Å². The number of hydrogen-bond acceptors (Lipinski definition) is 7. The Hall–Kier alpha value is -3.29. The van der Waals surface area contributed by atoms with E-state index in [9.17, 15) is 21.6 Å². The molecule has 214 valence electrons. The molecule has 0 aromatic heterocycles. The van der Waals surface area contributed by atoms with Crippen molar-refractivity contribution in [1.82, 2.24) is 13.9 Å². The number of methoxy groups -OCH3 is 1. The van der Waals surface area contributed by atoms with Crippen molar-refractivity contribution in [3.05, 3.63) is 83.9 Å². The molecule has 0 aliphatic carbocycles. The lowest BCUT2D eigenvalue weighted by atomic mass is 10.1. The lowest BCUT2D eigenvalue weighted by Crippen LogP contribution is -2.47. The van der Waals surface area contributed by atoms with E-state index < -0.39 is 32.0 Å². The van der Waals surface area contributed by atoms with E-state index in [1.807, 2.05) is 25.2 Å². The van der Waals surface area contributed by atoms with Gasteiger partial charge in [0.2, 0.25) is 26.0 Å². The van der Waals surface area contributed by atoms with Crippen molar-refractivity contribution in [3.8, 4) is 5.75 Å². The molecule has 0 bridgehead atoms. The van der Waals surface area contributed by atoms with Gasteiger partial charge >= 0.3 is 0 Å². The van der Waals surface area contributed by atoms with Crippen molar-refractivity contribution < 1.29 is 26.4 Å². The van der Waals surface area contributed by atoms with E-state index in [0.717, 1.165) is 11.1 Å². The highest BCUT2D eigenvalue weighted by atomic mass is 32.2. The lowest BCUT2D eigenvalue weighted by Gasteiger charge is -2.31. The van der Waals surface area contributed by atoms with Crippen LogP contribution in [0.25, 0.3) is 0 Å². The summed E-state index contributed by atoms with van der Waals surface area (Å²) in [6.07, 6.45) is 0.0932. The van der Waals surface area contributed by atoms with Gasteiger partial charge in [0.1, 0.15) is 16.7 Å². The van der Waals surface area contributed by atoms with Crippen LogP contribution < -0.4 is 14.8 Å². The number of piperazine rings is 1. The van der Waals surface area contributed by atoms with E-state index in [2.05, 4.69) is 14.9 Å². The third kappa shape index (κ3) is 7.07. The van der Waals surface area contributed by atoms with Gasteiger partial charge in [0.25, 0.3) is 0 Å². The van der Waals surface area contributed by atoms with Crippen molar-refractivity contribution in [1.29, 1.82) is 0 Å². The lowest BCUT2D eigenvalue weighted by molar-refractivity contribution is -0.117. The van der Waals surface area contributed by atoms with Crippen LogP contribution in [0.15, 0.2) is 82.6 Å². The number of amides is 1. The highest BCUT2D eigenvalue weighted by molar-refractivity contribution is 7.89. The number of sulfonamides is 2. The fourth-order valence-electron chi connectivity index (χ4n) is 4.40. The standard InChI is InChI=1S/C28H34N4O6S2/c1-21-9-14-26(38-3)27(19-21)39(34,35)30-25(20-22-7-5-4-6-8-22)28(33)29-23-10-12-24(13-11-23)40(36,37)32-17-15-31(2)16-18-32/h4-14,19,25,30H,15-18,20H2,1-3H3,(H,29,33)/t25-/m0/s1. The van der Waals surface area contributed by atoms with Gasteiger partial charge in [0.15, 0.2) is 0 Å². The van der Waals surface area contributed by atoms with Gasteiger partial charge in [-0.2, -0.15) is 9.03 Å². The zero-order valence-electron chi connectivity index (χ0n) is 22.7. The van der Waals surface area contributed by atoms with Gasteiger partial charge in [0, 0.05) is 31.9 Å². The van der Waals surface area contributed by atoms with Crippen LogP contribution in [0.4, 0.5) is 5.69 Å². The summed E-state index contributed by atoms with van der Waals surface area (Å²) < 4.78 is 62.1. The molecule has 1 saturated heterocycles. The SMILES string of the molecule is COc1ccc(C)cc1S(=O)(=O)N[C@@H](Cc1ccccc1)C(=O)Nc1ccc(S(=O)(=O)N2CCN(C)CC2)cc1. The molecule has 3 aromatic rings. The van der Waals surface area contributed by atoms with E-state index in [-0.39, 0.29) is 22.0 Å². The Kier molecular flexibility index (Phi) is 9.26. The van der Waals surface area contributed by atoms with Crippen molar-refractivity contribution in [3.63, 3.8) is 0 Å². The summed E-state index contributed by atoms with van der Waals surface area (Å²) in [6.45, 7) is 3.88. The number of likely N-dealkylation sites (N-methyl/N-ethyl adjacent to an activating group) is 1. The smallest absolute Gasteiger partial charge is 0.245 e. The van der Waals surface area contributed by atoms with Crippen LogP contribution in [0.1, 0.15) is 11.1 Å². The van der Waals surface area contributed by atoms with E-state index in [1.165, 1.54) is 41.7 Å².